The molecule has 1 aliphatic heterocycles. The second kappa shape index (κ2) is 10.2. The lowest BCUT2D eigenvalue weighted by molar-refractivity contribution is -0.138. The van der Waals surface area contributed by atoms with Gasteiger partial charge >= 0.3 is 6.18 Å². The van der Waals surface area contributed by atoms with Crippen LogP contribution in [0.25, 0.3) is 0 Å². The van der Waals surface area contributed by atoms with E-state index in [4.69, 9.17) is 0 Å². The molecule has 2 aromatic rings. The average molecular weight is 448 g/mol. The zero-order valence-corrected chi connectivity index (χ0v) is 18.3. The van der Waals surface area contributed by atoms with Gasteiger partial charge in [0.05, 0.1) is 11.1 Å². The smallest absolute Gasteiger partial charge is 0.352 e. The molecule has 5 nitrogen and oxygen atoms in total. The van der Waals surface area contributed by atoms with Crippen LogP contribution in [-0.4, -0.2) is 54.3 Å². The molecule has 0 radical (unpaired) electrons. The number of hydrogen-bond donors (Lipinski definition) is 1. The summed E-state index contributed by atoms with van der Waals surface area (Å²) in [5, 5.41) is 2.90. The quantitative estimate of drug-likeness (QED) is 0.727. The number of piperazine rings is 1. The monoisotopic (exact) mass is 447 g/mol. The predicted molar refractivity (Wildman–Crippen MR) is 116 cm³/mol. The van der Waals surface area contributed by atoms with Crippen molar-refractivity contribution < 1.29 is 22.8 Å². The van der Waals surface area contributed by atoms with E-state index < -0.39 is 17.6 Å². The Hall–Kier alpha value is -2.87. The van der Waals surface area contributed by atoms with Crippen LogP contribution in [0, 0.1) is 5.92 Å². The standard InChI is InChI=1S/C24H28F3N3O2/c1-17(2)15-28-22(31)19-7-5-6-18(14-19)16-29-10-12-30(13-11-29)23(32)20-8-3-4-9-21(20)24(25,26)27/h3-9,14,17H,10-13,15-16H2,1-2H3,(H,28,31). The van der Waals surface area contributed by atoms with Gasteiger partial charge in [-0.3, -0.25) is 14.5 Å². The van der Waals surface area contributed by atoms with Crippen LogP contribution < -0.4 is 5.32 Å². The Labute approximate surface area is 186 Å². The fourth-order valence-corrected chi connectivity index (χ4v) is 3.66. The second-order valence-corrected chi connectivity index (χ2v) is 8.42. The molecule has 0 atom stereocenters. The number of alkyl halides is 3. The largest absolute Gasteiger partial charge is 0.417 e. The van der Waals surface area contributed by atoms with Gasteiger partial charge in [-0.2, -0.15) is 13.2 Å². The Morgan fingerprint density at radius 2 is 1.69 bits per heavy atom. The molecular formula is C24H28F3N3O2. The molecular weight excluding hydrogens is 419 g/mol. The minimum Gasteiger partial charge on any atom is -0.352 e. The summed E-state index contributed by atoms with van der Waals surface area (Å²) in [5.74, 6) is -0.343. The van der Waals surface area contributed by atoms with Crippen LogP contribution in [0.2, 0.25) is 0 Å². The molecule has 0 bridgehead atoms. The SMILES string of the molecule is CC(C)CNC(=O)c1cccc(CN2CCN(C(=O)c3ccccc3C(F)(F)F)CC2)c1. The third-order valence-electron chi connectivity index (χ3n) is 5.39. The third-order valence-corrected chi connectivity index (χ3v) is 5.39. The minimum atomic E-state index is -4.57. The first-order chi connectivity index (χ1) is 15.1. The number of rotatable bonds is 6. The van der Waals surface area contributed by atoms with Crippen LogP contribution in [-0.2, 0) is 12.7 Å². The van der Waals surface area contributed by atoms with Gasteiger partial charge in [-0.05, 0) is 35.7 Å². The maximum Gasteiger partial charge on any atom is 0.417 e. The van der Waals surface area contributed by atoms with Gasteiger partial charge in [0.1, 0.15) is 0 Å². The third kappa shape index (κ3) is 6.09. The summed E-state index contributed by atoms with van der Waals surface area (Å²) in [6.07, 6.45) is -4.57. The molecule has 8 heteroatoms. The molecule has 172 valence electrons. The van der Waals surface area contributed by atoms with Crippen LogP contribution in [0.15, 0.2) is 48.5 Å². The van der Waals surface area contributed by atoms with Crippen molar-refractivity contribution in [3.63, 3.8) is 0 Å². The molecule has 0 aliphatic carbocycles. The van der Waals surface area contributed by atoms with Crippen molar-refractivity contribution >= 4 is 11.8 Å². The highest BCUT2D eigenvalue weighted by Gasteiger charge is 2.36. The van der Waals surface area contributed by atoms with Crippen molar-refractivity contribution in [3.05, 3.63) is 70.8 Å². The molecule has 2 amide bonds. The van der Waals surface area contributed by atoms with Crippen LogP contribution in [0.4, 0.5) is 13.2 Å². The normalized spacial score (nSPS) is 15.1. The lowest BCUT2D eigenvalue weighted by atomic mass is 10.1. The fourth-order valence-electron chi connectivity index (χ4n) is 3.66. The number of amides is 2. The number of nitrogens with one attached hydrogen (secondary N) is 1. The van der Waals surface area contributed by atoms with Crippen molar-refractivity contribution in [2.24, 2.45) is 5.92 Å². The van der Waals surface area contributed by atoms with Crippen LogP contribution in [0.3, 0.4) is 0 Å². The number of carbonyl (C=O) groups is 2. The van der Waals surface area contributed by atoms with Gasteiger partial charge in [-0.25, -0.2) is 0 Å². The highest BCUT2D eigenvalue weighted by molar-refractivity contribution is 5.96. The van der Waals surface area contributed by atoms with Crippen molar-refractivity contribution in [1.82, 2.24) is 15.1 Å². The first-order valence-electron chi connectivity index (χ1n) is 10.7. The Balaban J connectivity index is 1.59. The predicted octanol–water partition coefficient (Wildman–Crippen LogP) is 4.05. The molecule has 1 heterocycles. The van der Waals surface area contributed by atoms with Gasteiger partial charge in [0.25, 0.3) is 11.8 Å². The number of carbonyl (C=O) groups excluding carboxylic acids is 2. The molecule has 3 rings (SSSR count). The molecule has 0 aromatic heterocycles. The first kappa shape index (κ1) is 23.8. The Morgan fingerprint density at radius 3 is 2.34 bits per heavy atom. The Bertz CT molecular complexity index is 952. The molecule has 2 aromatic carbocycles. The number of benzene rings is 2. The maximum absolute atomic E-state index is 13.2. The zero-order valence-electron chi connectivity index (χ0n) is 18.3. The summed E-state index contributed by atoms with van der Waals surface area (Å²) in [7, 11) is 0. The summed E-state index contributed by atoms with van der Waals surface area (Å²) in [5.41, 5.74) is 0.360. The van der Waals surface area contributed by atoms with Gasteiger partial charge in [0.2, 0.25) is 0 Å². The molecule has 0 spiro atoms. The number of halogens is 3. The molecule has 1 N–H and O–H groups in total. The summed E-state index contributed by atoms with van der Waals surface area (Å²) in [4.78, 5) is 28.6. The lowest BCUT2D eigenvalue weighted by Crippen LogP contribution is -2.48. The van der Waals surface area contributed by atoms with Crippen molar-refractivity contribution in [1.29, 1.82) is 0 Å². The Kier molecular flexibility index (Phi) is 7.56. The summed E-state index contributed by atoms with van der Waals surface area (Å²) >= 11 is 0. The van der Waals surface area contributed by atoms with E-state index in [-0.39, 0.29) is 11.5 Å². The van der Waals surface area contributed by atoms with E-state index in [0.29, 0.717) is 50.7 Å². The van der Waals surface area contributed by atoms with Gasteiger partial charge in [0.15, 0.2) is 0 Å². The van der Waals surface area contributed by atoms with Gasteiger partial charge < -0.3 is 10.2 Å². The van der Waals surface area contributed by atoms with E-state index in [1.165, 1.54) is 23.1 Å². The van der Waals surface area contributed by atoms with E-state index in [2.05, 4.69) is 10.2 Å². The van der Waals surface area contributed by atoms with Crippen molar-refractivity contribution in [2.75, 3.05) is 32.7 Å². The Morgan fingerprint density at radius 1 is 1.00 bits per heavy atom. The molecule has 1 aliphatic rings. The molecule has 1 fully saturated rings. The molecule has 32 heavy (non-hydrogen) atoms. The highest BCUT2D eigenvalue weighted by Crippen LogP contribution is 2.32. The zero-order chi connectivity index (χ0) is 23.3. The molecule has 0 saturated carbocycles. The first-order valence-corrected chi connectivity index (χ1v) is 10.7. The summed E-state index contributed by atoms with van der Waals surface area (Å²) < 4.78 is 39.7. The molecule has 1 saturated heterocycles. The van der Waals surface area contributed by atoms with Crippen LogP contribution in [0.5, 0.6) is 0 Å². The van der Waals surface area contributed by atoms with Crippen LogP contribution >= 0.6 is 0 Å². The summed E-state index contributed by atoms with van der Waals surface area (Å²) in [6.45, 7) is 7.06. The van der Waals surface area contributed by atoms with Crippen molar-refractivity contribution in [2.45, 2.75) is 26.6 Å². The number of nitrogens with zero attached hydrogens (tertiary/aromatic N) is 2. The van der Waals surface area contributed by atoms with Crippen molar-refractivity contribution in [3.8, 4) is 0 Å². The van der Waals surface area contributed by atoms with E-state index in [0.717, 1.165) is 11.6 Å². The van der Waals surface area contributed by atoms with E-state index in [1.807, 2.05) is 32.0 Å². The average Bonchev–Trinajstić information content (AvgIpc) is 2.77. The topological polar surface area (TPSA) is 52.7 Å². The van der Waals surface area contributed by atoms with Gasteiger partial charge in [-0.1, -0.05) is 38.1 Å². The fraction of sp³-hybridized carbons (Fsp3) is 0.417. The second-order valence-electron chi connectivity index (χ2n) is 8.42. The van der Waals surface area contributed by atoms with E-state index in [9.17, 15) is 22.8 Å². The highest BCUT2D eigenvalue weighted by atomic mass is 19.4. The molecule has 0 unspecified atom stereocenters. The summed E-state index contributed by atoms with van der Waals surface area (Å²) in [6, 6.07) is 12.3. The lowest BCUT2D eigenvalue weighted by Gasteiger charge is -2.35. The van der Waals surface area contributed by atoms with E-state index >= 15 is 0 Å². The van der Waals surface area contributed by atoms with E-state index in [1.54, 1.807) is 6.07 Å². The number of hydrogen-bond acceptors (Lipinski definition) is 3. The van der Waals surface area contributed by atoms with Gasteiger partial charge in [-0.15, -0.1) is 0 Å². The van der Waals surface area contributed by atoms with Gasteiger partial charge in [0, 0.05) is 44.8 Å². The minimum absolute atomic E-state index is 0.112. The maximum atomic E-state index is 13.2. The van der Waals surface area contributed by atoms with Crippen LogP contribution in [0.1, 0.15) is 45.7 Å².